The lowest BCUT2D eigenvalue weighted by Gasteiger charge is -2.06. The van der Waals surface area contributed by atoms with Crippen LogP contribution in [0.1, 0.15) is 16.2 Å². The third-order valence-corrected chi connectivity index (χ3v) is 3.26. The van der Waals surface area contributed by atoms with Crippen LogP contribution in [0.3, 0.4) is 0 Å². The molecule has 2 N–H and O–H groups in total. The molecule has 0 saturated heterocycles. The summed E-state index contributed by atoms with van der Waals surface area (Å²) in [5, 5.41) is 9.18. The normalized spacial score (nSPS) is 10.5. The van der Waals surface area contributed by atoms with Crippen molar-refractivity contribution < 1.29 is 18.7 Å². The zero-order chi connectivity index (χ0) is 16.9. The van der Waals surface area contributed by atoms with Crippen LogP contribution in [0.4, 0.5) is 0 Å². The van der Waals surface area contributed by atoms with E-state index >= 15 is 0 Å². The van der Waals surface area contributed by atoms with Crippen LogP contribution in [0.5, 0.6) is 0 Å². The Morgan fingerprint density at radius 2 is 1.96 bits per heavy atom. The van der Waals surface area contributed by atoms with Gasteiger partial charge in [0.2, 0.25) is 0 Å². The van der Waals surface area contributed by atoms with Crippen molar-refractivity contribution in [2.45, 2.75) is 6.54 Å². The Morgan fingerprint density at radius 3 is 2.71 bits per heavy atom. The van der Waals surface area contributed by atoms with E-state index in [2.05, 4.69) is 15.5 Å². The number of nitrogens with zero attached hydrogens (tertiary/aromatic N) is 1. The molecule has 0 aliphatic rings. The summed E-state index contributed by atoms with van der Waals surface area (Å²) in [6.07, 6.45) is 1.49. The third-order valence-electron chi connectivity index (χ3n) is 3.26. The number of aromatic amines is 1. The van der Waals surface area contributed by atoms with Gasteiger partial charge in [0.1, 0.15) is 5.76 Å². The van der Waals surface area contributed by atoms with Crippen LogP contribution < -0.4 is 10.9 Å². The molecule has 3 aromatic rings. The predicted octanol–water partition coefficient (Wildman–Crippen LogP) is 0.989. The fraction of sp³-hybridized carbons (Fsp3) is 0.125. The first-order chi connectivity index (χ1) is 11.6. The van der Waals surface area contributed by atoms with E-state index in [1.165, 1.54) is 6.26 Å². The first-order valence-electron chi connectivity index (χ1n) is 7.09. The zero-order valence-corrected chi connectivity index (χ0v) is 12.4. The van der Waals surface area contributed by atoms with E-state index in [9.17, 15) is 14.4 Å². The minimum atomic E-state index is -0.796. The van der Waals surface area contributed by atoms with Gasteiger partial charge in [-0.3, -0.25) is 9.59 Å². The van der Waals surface area contributed by atoms with Gasteiger partial charge in [-0.2, -0.15) is 5.10 Å². The fourth-order valence-corrected chi connectivity index (χ4v) is 2.12. The summed E-state index contributed by atoms with van der Waals surface area (Å²) in [5.41, 5.74) is -0.456. The van der Waals surface area contributed by atoms with Gasteiger partial charge in [-0.05, 0) is 18.2 Å². The topological polar surface area (TPSA) is 114 Å². The molecule has 0 saturated carbocycles. The molecule has 1 amide bonds. The number of furan rings is 1. The molecule has 8 heteroatoms. The number of H-pyrrole nitrogens is 1. The molecule has 2 aromatic heterocycles. The number of aromatic nitrogens is 2. The number of rotatable bonds is 5. The third kappa shape index (κ3) is 3.32. The van der Waals surface area contributed by atoms with Gasteiger partial charge in [0.15, 0.2) is 12.3 Å². The zero-order valence-electron chi connectivity index (χ0n) is 12.4. The van der Waals surface area contributed by atoms with Crippen LogP contribution in [0, 0.1) is 0 Å². The molecule has 0 atom stereocenters. The van der Waals surface area contributed by atoms with Crippen LogP contribution >= 0.6 is 0 Å². The number of amides is 1. The van der Waals surface area contributed by atoms with Crippen LogP contribution in [0.25, 0.3) is 10.8 Å². The van der Waals surface area contributed by atoms with E-state index in [-0.39, 0.29) is 12.2 Å². The van der Waals surface area contributed by atoms with Crippen molar-refractivity contribution in [3.8, 4) is 0 Å². The molecule has 0 unspecified atom stereocenters. The minimum Gasteiger partial charge on any atom is -0.467 e. The Balaban J connectivity index is 1.64. The van der Waals surface area contributed by atoms with Crippen LogP contribution in [0.15, 0.2) is 51.9 Å². The van der Waals surface area contributed by atoms with Crippen molar-refractivity contribution in [2.24, 2.45) is 0 Å². The maximum atomic E-state index is 12.1. The second kappa shape index (κ2) is 6.78. The summed E-state index contributed by atoms with van der Waals surface area (Å²) >= 11 is 0. The molecular formula is C16H13N3O5. The second-order valence-corrected chi connectivity index (χ2v) is 4.88. The molecule has 0 bridgehead atoms. The van der Waals surface area contributed by atoms with Crippen molar-refractivity contribution in [1.82, 2.24) is 15.5 Å². The lowest BCUT2D eigenvalue weighted by molar-refractivity contribution is -0.124. The van der Waals surface area contributed by atoms with Gasteiger partial charge in [0.05, 0.1) is 18.2 Å². The second-order valence-electron chi connectivity index (χ2n) is 4.88. The molecule has 0 fully saturated rings. The van der Waals surface area contributed by atoms with E-state index in [4.69, 9.17) is 9.15 Å². The van der Waals surface area contributed by atoms with E-state index in [1.807, 2.05) is 0 Å². The Bertz CT molecular complexity index is 930. The van der Waals surface area contributed by atoms with Gasteiger partial charge in [0, 0.05) is 5.39 Å². The predicted molar refractivity (Wildman–Crippen MR) is 83.2 cm³/mol. The number of ether oxygens (including phenoxy) is 1. The average molecular weight is 327 g/mol. The first kappa shape index (κ1) is 15.5. The molecule has 24 heavy (non-hydrogen) atoms. The average Bonchev–Trinajstić information content (AvgIpc) is 3.12. The number of carbonyl (C=O) groups is 2. The largest absolute Gasteiger partial charge is 0.467 e. The number of benzene rings is 1. The van der Waals surface area contributed by atoms with E-state index in [0.717, 1.165) is 0 Å². The Morgan fingerprint density at radius 1 is 1.17 bits per heavy atom. The maximum absolute atomic E-state index is 12.1. The highest BCUT2D eigenvalue weighted by atomic mass is 16.5. The van der Waals surface area contributed by atoms with Crippen LogP contribution in [0.2, 0.25) is 0 Å². The monoisotopic (exact) mass is 327 g/mol. The number of hydrogen-bond acceptors (Lipinski definition) is 6. The summed E-state index contributed by atoms with van der Waals surface area (Å²) in [4.78, 5) is 35.5. The molecule has 122 valence electrons. The summed E-state index contributed by atoms with van der Waals surface area (Å²) < 4.78 is 10.0. The van der Waals surface area contributed by atoms with Crippen molar-refractivity contribution >= 4 is 22.6 Å². The quantitative estimate of drug-likeness (QED) is 0.675. The lowest BCUT2D eigenvalue weighted by Crippen LogP contribution is -2.28. The number of esters is 1. The summed E-state index contributed by atoms with van der Waals surface area (Å²) in [7, 11) is 0. The smallest absolute Gasteiger partial charge is 0.359 e. The van der Waals surface area contributed by atoms with E-state index < -0.39 is 24.0 Å². The number of carbonyl (C=O) groups excluding carboxylic acids is 2. The van der Waals surface area contributed by atoms with Gasteiger partial charge in [0.25, 0.3) is 11.5 Å². The molecule has 0 aliphatic heterocycles. The summed E-state index contributed by atoms with van der Waals surface area (Å²) in [6, 6.07) is 9.93. The minimum absolute atomic E-state index is 0.0518. The molecule has 2 heterocycles. The number of hydrogen-bond donors (Lipinski definition) is 2. The van der Waals surface area contributed by atoms with Gasteiger partial charge >= 0.3 is 5.97 Å². The van der Waals surface area contributed by atoms with E-state index in [1.54, 1.807) is 36.4 Å². The number of fused-ring (bicyclic) bond motifs is 1. The maximum Gasteiger partial charge on any atom is 0.359 e. The van der Waals surface area contributed by atoms with Crippen molar-refractivity contribution in [3.05, 3.63) is 64.5 Å². The van der Waals surface area contributed by atoms with Crippen molar-refractivity contribution in [2.75, 3.05) is 6.61 Å². The summed E-state index contributed by atoms with van der Waals surface area (Å²) in [6.45, 7) is -0.266. The molecule has 3 rings (SSSR count). The van der Waals surface area contributed by atoms with E-state index in [0.29, 0.717) is 16.5 Å². The molecule has 8 nitrogen and oxygen atoms in total. The fourth-order valence-electron chi connectivity index (χ4n) is 2.12. The SMILES string of the molecule is O=C(COC(=O)c1n[nH]c(=O)c2ccccc12)NCc1ccco1. The van der Waals surface area contributed by atoms with Crippen molar-refractivity contribution in [3.63, 3.8) is 0 Å². The van der Waals surface area contributed by atoms with Crippen LogP contribution in [-0.4, -0.2) is 28.7 Å². The lowest BCUT2D eigenvalue weighted by atomic mass is 10.1. The molecular weight excluding hydrogens is 314 g/mol. The van der Waals surface area contributed by atoms with Crippen molar-refractivity contribution in [1.29, 1.82) is 0 Å². The van der Waals surface area contributed by atoms with Gasteiger partial charge in [-0.15, -0.1) is 0 Å². The summed E-state index contributed by atoms with van der Waals surface area (Å²) in [5.74, 6) is -0.688. The van der Waals surface area contributed by atoms with Gasteiger partial charge in [-0.25, -0.2) is 9.89 Å². The Kier molecular flexibility index (Phi) is 4.37. The highest BCUT2D eigenvalue weighted by Gasteiger charge is 2.16. The molecule has 1 aromatic carbocycles. The van der Waals surface area contributed by atoms with Crippen LogP contribution in [-0.2, 0) is 16.1 Å². The highest BCUT2D eigenvalue weighted by Crippen LogP contribution is 2.13. The van der Waals surface area contributed by atoms with Gasteiger partial charge < -0.3 is 14.5 Å². The first-order valence-corrected chi connectivity index (χ1v) is 7.09. The Labute approximate surface area is 135 Å². The standard InChI is InChI=1S/C16H13N3O5/c20-13(17-8-10-4-3-7-23-10)9-24-16(22)14-11-5-1-2-6-12(11)15(21)19-18-14/h1-7H,8-9H2,(H,17,20)(H,19,21). The molecule has 0 radical (unpaired) electrons. The highest BCUT2D eigenvalue weighted by molar-refractivity contribution is 6.02. The van der Waals surface area contributed by atoms with Gasteiger partial charge in [-0.1, -0.05) is 18.2 Å². The number of nitrogens with one attached hydrogen (secondary N) is 2. The Hall–Kier alpha value is -3.42. The molecule has 0 aliphatic carbocycles. The molecule has 0 spiro atoms.